The topological polar surface area (TPSA) is 68.8 Å². The second-order valence-corrected chi connectivity index (χ2v) is 8.60. The molecular formula is C21H40IN5O. The molecule has 1 aliphatic heterocycles. The predicted octanol–water partition coefficient (Wildman–Crippen LogP) is 2.59. The zero-order valence-corrected chi connectivity index (χ0v) is 20.0. The fraction of sp³-hybridized carbons (Fsp3) is 0.905. The number of likely N-dealkylation sites (tertiary alicyclic amines) is 1. The molecule has 0 radical (unpaired) electrons. The Hall–Kier alpha value is -0.570. The van der Waals surface area contributed by atoms with Gasteiger partial charge >= 0.3 is 0 Å². The third-order valence-corrected chi connectivity index (χ3v) is 6.13. The average molecular weight is 505 g/mol. The van der Waals surface area contributed by atoms with Gasteiger partial charge in [0.25, 0.3) is 0 Å². The van der Waals surface area contributed by atoms with Crippen molar-refractivity contribution in [2.45, 2.75) is 64.8 Å². The van der Waals surface area contributed by atoms with E-state index in [-0.39, 0.29) is 29.9 Å². The lowest BCUT2D eigenvalue weighted by Crippen LogP contribution is -2.50. The SMILES string of the molecule is CCCNC(=O)CN1CCC(NC(=NCC(C2CC2)C2CC2)NCC)CC1.I. The van der Waals surface area contributed by atoms with Crippen LogP contribution >= 0.6 is 24.0 Å². The quantitative estimate of drug-likeness (QED) is 0.243. The highest BCUT2D eigenvalue weighted by Gasteiger charge is 2.41. The Labute approximate surface area is 188 Å². The van der Waals surface area contributed by atoms with E-state index in [0.29, 0.717) is 12.6 Å². The van der Waals surface area contributed by atoms with E-state index in [4.69, 9.17) is 4.99 Å². The second-order valence-electron chi connectivity index (χ2n) is 8.60. The summed E-state index contributed by atoms with van der Waals surface area (Å²) in [6.45, 7) is 9.37. The summed E-state index contributed by atoms with van der Waals surface area (Å²) >= 11 is 0. The van der Waals surface area contributed by atoms with Gasteiger partial charge in [-0.3, -0.25) is 14.7 Å². The van der Waals surface area contributed by atoms with Gasteiger partial charge in [-0.1, -0.05) is 6.92 Å². The van der Waals surface area contributed by atoms with Crippen LogP contribution in [0.5, 0.6) is 0 Å². The Morgan fingerprint density at radius 3 is 2.21 bits per heavy atom. The highest BCUT2D eigenvalue weighted by molar-refractivity contribution is 14.0. The molecule has 3 N–H and O–H groups in total. The van der Waals surface area contributed by atoms with Crippen LogP contribution < -0.4 is 16.0 Å². The van der Waals surface area contributed by atoms with Crippen LogP contribution in [-0.4, -0.2) is 62.1 Å². The minimum atomic E-state index is 0. The van der Waals surface area contributed by atoms with E-state index in [1.54, 1.807) is 0 Å². The smallest absolute Gasteiger partial charge is 0.234 e. The molecule has 0 aromatic rings. The first-order valence-electron chi connectivity index (χ1n) is 11.2. The Bertz CT molecular complexity index is 487. The number of nitrogens with zero attached hydrogens (tertiary/aromatic N) is 2. The van der Waals surface area contributed by atoms with Gasteiger partial charge in [0.2, 0.25) is 5.91 Å². The van der Waals surface area contributed by atoms with Gasteiger partial charge in [-0.15, -0.1) is 24.0 Å². The molecule has 0 spiro atoms. The van der Waals surface area contributed by atoms with Crippen molar-refractivity contribution in [3.8, 4) is 0 Å². The van der Waals surface area contributed by atoms with Crippen LogP contribution in [0.3, 0.4) is 0 Å². The fourth-order valence-corrected chi connectivity index (χ4v) is 4.20. The highest BCUT2D eigenvalue weighted by atomic mass is 127. The van der Waals surface area contributed by atoms with E-state index in [0.717, 1.165) is 75.7 Å². The van der Waals surface area contributed by atoms with E-state index in [9.17, 15) is 4.79 Å². The third-order valence-electron chi connectivity index (χ3n) is 6.13. The molecule has 28 heavy (non-hydrogen) atoms. The number of nitrogens with one attached hydrogen (secondary N) is 3. The Morgan fingerprint density at radius 2 is 1.68 bits per heavy atom. The molecule has 1 heterocycles. The van der Waals surface area contributed by atoms with E-state index in [1.165, 1.54) is 25.7 Å². The van der Waals surface area contributed by atoms with Gasteiger partial charge in [-0.05, 0) is 69.6 Å². The number of hydrogen-bond acceptors (Lipinski definition) is 3. The van der Waals surface area contributed by atoms with E-state index in [1.807, 2.05) is 0 Å². The molecule has 7 heteroatoms. The van der Waals surface area contributed by atoms with Crippen LogP contribution in [0.25, 0.3) is 0 Å². The molecule has 3 rings (SSSR count). The van der Waals surface area contributed by atoms with Crippen LogP contribution in [0.4, 0.5) is 0 Å². The number of guanidine groups is 1. The average Bonchev–Trinajstić information content (AvgIpc) is 3.55. The zero-order valence-electron chi connectivity index (χ0n) is 17.7. The maximum Gasteiger partial charge on any atom is 0.234 e. The summed E-state index contributed by atoms with van der Waals surface area (Å²) in [6, 6.07) is 0.457. The van der Waals surface area contributed by atoms with Gasteiger partial charge in [0.15, 0.2) is 5.96 Å². The molecule has 1 amide bonds. The fourth-order valence-electron chi connectivity index (χ4n) is 4.20. The summed E-state index contributed by atoms with van der Waals surface area (Å²) in [5, 5.41) is 10.1. The molecule has 2 aliphatic carbocycles. The number of aliphatic imine (C=N–C) groups is 1. The summed E-state index contributed by atoms with van der Waals surface area (Å²) < 4.78 is 0. The van der Waals surface area contributed by atoms with Crippen molar-refractivity contribution in [1.82, 2.24) is 20.9 Å². The summed E-state index contributed by atoms with van der Waals surface area (Å²) in [5.41, 5.74) is 0. The van der Waals surface area contributed by atoms with Crippen molar-refractivity contribution in [2.24, 2.45) is 22.7 Å². The monoisotopic (exact) mass is 505 g/mol. The summed E-state index contributed by atoms with van der Waals surface area (Å²) in [6.07, 6.45) is 8.82. The van der Waals surface area contributed by atoms with E-state index < -0.39 is 0 Å². The molecule has 3 aliphatic rings. The lowest BCUT2D eigenvalue weighted by molar-refractivity contribution is -0.122. The lowest BCUT2D eigenvalue weighted by Gasteiger charge is -2.32. The standard InChI is InChI=1S/C21H39N5O.HI/c1-3-11-23-20(27)15-26-12-9-18(10-13-26)25-21(22-4-2)24-14-19(16-5-6-16)17-7-8-17;/h16-19H,3-15H2,1-2H3,(H,23,27)(H2,22,24,25);1H. The van der Waals surface area contributed by atoms with Gasteiger partial charge < -0.3 is 16.0 Å². The minimum absolute atomic E-state index is 0. The number of hydrogen-bond donors (Lipinski definition) is 3. The normalized spacial score (nSPS) is 21.3. The molecular weight excluding hydrogens is 465 g/mol. The molecule has 1 saturated heterocycles. The number of piperidine rings is 1. The summed E-state index contributed by atoms with van der Waals surface area (Å²) in [4.78, 5) is 19.1. The Kier molecular flexibility index (Phi) is 10.3. The van der Waals surface area contributed by atoms with Crippen LogP contribution in [0.2, 0.25) is 0 Å². The van der Waals surface area contributed by atoms with Gasteiger partial charge in [0.1, 0.15) is 0 Å². The number of amides is 1. The van der Waals surface area contributed by atoms with Gasteiger partial charge in [-0.25, -0.2) is 0 Å². The molecule has 3 fully saturated rings. The molecule has 0 aromatic carbocycles. The largest absolute Gasteiger partial charge is 0.357 e. The Morgan fingerprint density at radius 1 is 1.04 bits per heavy atom. The molecule has 0 atom stereocenters. The lowest BCUT2D eigenvalue weighted by atomic mass is 9.98. The predicted molar refractivity (Wildman–Crippen MR) is 126 cm³/mol. The number of halogens is 1. The maximum absolute atomic E-state index is 11.9. The van der Waals surface area contributed by atoms with E-state index >= 15 is 0 Å². The first-order chi connectivity index (χ1) is 13.2. The van der Waals surface area contributed by atoms with Crippen LogP contribution in [0, 0.1) is 17.8 Å². The summed E-state index contributed by atoms with van der Waals surface area (Å²) in [5.74, 6) is 3.87. The van der Waals surface area contributed by atoms with Crippen molar-refractivity contribution >= 4 is 35.8 Å². The van der Waals surface area contributed by atoms with Gasteiger partial charge in [0.05, 0.1) is 6.54 Å². The van der Waals surface area contributed by atoms with Crippen LogP contribution in [-0.2, 0) is 4.79 Å². The maximum atomic E-state index is 11.9. The highest BCUT2D eigenvalue weighted by Crippen LogP contribution is 2.49. The first kappa shape index (κ1) is 23.7. The van der Waals surface area contributed by atoms with Gasteiger partial charge in [0, 0.05) is 38.8 Å². The molecule has 162 valence electrons. The molecule has 0 aromatic heterocycles. The van der Waals surface area contributed by atoms with Crippen molar-refractivity contribution < 1.29 is 4.79 Å². The van der Waals surface area contributed by atoms with Crippen molar-refractivity contribution in [1.29, 1.82) is 0 Å². The van der Waals surface area contributed by atoms with Crippen LogP contribution in [0.15, 0.2) is 4.99 Å². The summed E-state index contributed by atoms with van der Waals surface area (Å²) in [7, 11) is 0. The van der Waals surface area contributed by atoms with Crippen LogP contribution in [0.1, 0.15) is 58.8 Å². The molecule has 2 saturated carbocycles. The third kappa shape index (κ3) is 8.05. The number of carbonyl (C=O) groups excluding carboxylic acids is 1. The van der Waals surface area contributed by atoms with E-state index in [2.05, 4.69) is 34.7 Å². The molecule has 0 bridgehead atoms. The zero-order chi connectivity index (χ0) is 19.1. The molecule has 0 unspecified atom stereocenters. The Balaban J connectivity index is 0.00000280. The number of rotatable bonds is 10. The second kappa shape index (κ2) is 12.2. The van der Waals surface area contributed by atoms with Crippen molar-refractivity contribution in [3.05, 3.63) is 0 Å². The minimum Gasteiger partial charge on any atom is -0.357 e. The number of carbonyl (C=O) groups is 1. The van der Waals surface area contributed by atoms with Gasteiger partial charge in [-0.2, -0.15) is 0 Å². The van der Waals surface area contributed by atoms with Crippen molar-refractivity contribution in [2.75, 3.05) is 39.3 Å². The first-order valence-corrected chi connectivity index (χ1v) is 11.2. The molecule has 6 nitrogen and oxygen atoms in total. The van der Waals surface area contributed by atoms with Crippen molar-refractivity contribution in [3.63, 3.8) is 0 Å².